The molecule has 9 heteroatoms. The van der Waals surface area contributed by atoms with Crippen molar-refractivity contribution < 1.29 is 28.5 Å². The van der Waals surface area contributed by atoms with Crippen molar-refractivity contribution in [2.75, 3.05) is 66.3 Å². The van der Waals surface area contributed by atoms with Gasteiger partial charge in [-0.1, -0.05) is 0 Å². The lowest BCUT2D eigenvalue weighted by atomic mass is 10.3. The predicted molar refractivity (Wildman–Crippen MR) is 91.0 cm³/mol. The Morgan fingerprint density at radius 3 is 1.71 bits per heavy atom. The predicted octanol–water partition coefficient (Wildman–Crippen LogP) is 0.0816. The molecule has 0 aliphatic carbocycles. The zero-order valence-corrected chi connectivity index (χ0v) is 15.3. The number of ether oxygens (including phenoxy) is 5. The van der Waals surface area contributed by atoms with Gasteiger partial charge in [0.05, 0.1) is 26.2 Å². The van der Waals surface area contributed by atoms with E-state index in [1.54, 1.807) is 6.92 Å². The molecule has 0 unspecified atom stereocenters. The van der Waals surface area contributed by atoms with Crippen LogP contribution in [0.25, 0.3) is 0 Å². The van der Waals surface area contributed by atoms with Crippen molar-refractivity contribution in [3.63, 3.8) is 0 Å². The third-order valence-electron chi connectivity index (χ3n) is 2.78. The normalized spacial score (nSPS) is 10.4. The minimum atomic E-state index is -0.182. The van der Waals surface area contributed by atoms with Gasteiger partial charge in [0.15, 0.2) is 0 Å². The topological polar surface area (TPSA) is 118 Å². The number of hydrazine groups is 1. The molecule has 0 atom stereocenters. The van der Waals surface area contributed by atoms with Crippen molar-refractivity contribution >= 4 is 5.97 Å². The second kappa shape index (κ2) is 22.2. The van der Waals surface area contributed by atoms with Gasteiger partial charge in [0, 0.05) is 32.8 Å². The van der Waals surface area contributed by atoms with Crippen molar-refractivity contribution in [1.82, 2.24) is 4.90 Å². The number of esters is 1. The van der Waals surface area contributed by atoms with Gasteiger partial charge in [-0.15, -0.1) is 0 Å². The Hall–Kier alpha value is -0.810. The second-order valence-electron chi connectivity index (χ2n) is 4.43. The number of carbonyl (C=O) groups excluding carboxylic acids is 1. The van der Waals surface area contributed by atoms with Crippen LogP contribution >= 0.6 is 0 Å². The first-order chi connectivity index (χ1) is 11.7. The lowest BCUT2D eigenvalue weighted by Crippen LogP contribution is -2.33. The zero-order chi connectivity index (χ0) is 18.5. The molecule has 0 aliphatic rings. The molecule has 0 amide bonds. The third-order valence-corrected chi connectivity index (χ3v) is 2.78. The van der Waals surface area contributed by atoms with Gasteiger partial charge in [-0.05, 0) is 20.8 Å². The number of hydrogen-bond donors (Lipinski definition) is 2. The lowest BCUT2D eigenvalue weighted by Gasteiger charge is -2.21. The summed E-state index contributed by atoms with van der Waals surface area (Å²) in [5.74, 6) is 7.82. The zero-order valence-electron chi connectivity index (χ0n) is 15.3. The number of nitrogens with two attached hydrogens (primary N) is 2. The summed E-state index contributed by atoms with van der Waals surface area (Å²) in [4.78, 5) is 13.5. The molecule has 0 spiro atoms. The van der Waals surface area contributed by atoms with Crippen molar-refractivity contribution in [2.45, 2.75) is 27.2 Å². The number of hydrogen-bond acceptors (Lipinski definition) is 9. The Balaban J connectivity index is 0. The van der Waals surface area contributed by atoms with Gasteiger partial charge in [0.2, 0.25) is 0 Å². The fraction of sp³-hybridized carbons (Fsp3) is 0.933. The first-order valence-electron chi connectivity index (χ1n) is 8.26. The molecule has 146 valence electrons. The van der Waals surface area contributed by atoms with E-state index < -0.39 is 0 Å². The summed E-state index contributed by atoms with van der Waals surface area (Å²) in [6.45, 7) is 11.1. The molecule has 0 saturated carbocycles. The summed E-state index contributed by atoms with van der Waals surface area (Å²) in [5, 5.41) is 0. The average Bonchev–Trinajstić information content (AvgIpc) is 2.60. The van der Waals surface area contributed by atoms with E-state index in [0.717, 1.165) is 0 Å². The highest BCUT2D eigenvalue weighted by atomic mass is 16.7. The summed E-state index contributed by atoms with van der Waals surface area (Å²) in [6, 6.07) is 0. The van der Waals surface area contributed by atoms with Crippen molar-refractivity contribution in [2.24, 2.45) is 11.7 Å². The van der Waals surface area contributed by atoms with Gasteiger partial charge < -0.3 is 23.7 Å². The summed E-state index contributed by atoms with van der Waals surface area (Å²) in [5.41, 5.74) is 0. The maximum absolute atomic E-state index is 11.4. The van der Waals surface area contributed by atoms with Crippen LogP contribution in [0.15, 0.2) is 0 Å². The molecule has 24 heavy (non-hydrogen) atoms. The SMILES string of the molecule is CCOCOCCN(CCOCOCC)CCC(=O)OCC.NN. The van der Waals surface area contributed by atoms with Crippen molar-refractivity contribution in [3.8, 4) is 0 Å². The largest absolute Gasteiger partial charge is 0.466 e. The molecule has 0 aromatic rings. The monoisotopic (exact) mass is 353 g/mol. The Morgan fingerprint density at radius 1 is 0.792 bits per heavy atom. The standard InChI is InChI=1S/C15H31NO6.H4N2/c1-4-18-13-20-11-9-16(8-7-15(17)22-6-3)10-12-21-14-19-5-2;1-2/h4-14H2,1-3H3;1-2H2. The maximum atomic E-state index is 11.4. The average molecular weight is 353 g/mol. The molecule has 0 aromatic heterocycles. The lowest BCUT2D eigenvalue weighted by molar-refractivity contribution is -0.143. The Kier molecular flexibility index (Phi) is 23.5. The highest BCUT2D eigenvalue weighted by Crippen LogP contribution is 1.96. The Labute approximate surface area is 145 Å². The van der Waals surface area contributed by atoms with E-state index in [1.165, 1.54) is 0 Å². The van der Waals surface area contributed by atoms with Crippen LogP contribution in [-0.2, 0) is 28.5 Å². The van der Waals surface area contributed by atoms with E-state index in [4.69, 9.17) is 23.7 Å². The van der Waals surface area contributed by atoms with Crippen LogP contribution in [0.4, 0.5) is 0 Å². The fourth-order valence-electron chi connectivity index (χ4n) is 1.61. The van der Waals surface area contributed by atoms with E-state index in [-0.39, 0.29) is 5.97 Å². The summed E-state index contributed by atoms with van der Waals surface area (Å²) >= 11 is 0. The molecule has 0 radical (unpaired) electrons. The molecule has 0 fully saturated rings. The first kappa shape index (κ1) is 25.4. The molecule has 9 nitrogen and oxygen atoms in total. The number of carbonyl (C=O) groups is 1. The van der Waals surface area contributed by atoms with Gasteiger partial charge >= 0.3 is 5.97 Å². The molecule has 0 aromatic carbocycles. The van der Waals surface area contributed by atoms with Gasteiger partial charge in [0.25, 0.3) is 0 Å². The fourth-order valence-corrected chi connectivity index (χ4v) is 1.61. The molecular formula is C15H35N3O6. The highest BCUT2D eigenvalue weighted by Gasteiger charge is 2.09. The molecule has 0 bridgehead atoms. The van der Waals surface area contributed by atoms with Crippen molar-refractivity contribution in [1.29, 1.82) is 0 Å². The molecule has 0 rings (SSSR count). The van der Waals surface area contributed by atoms with E-state index in [9.17, 15) is 4.79 Å². The second-order valence-corrected chi connectivity index (χ2v) is 4.43. The van der Waals surface area contributed by atoms with Gasteiger partial charge in [-0.25, -0.2) is 0 Å². The van der Waals surface area contributed by atoms with Crippen LogP contribution in [0, 0.1) is 0 Å². The molecule has 0 heterocycles. The van der Waals surface area contributed by atoms with Gasteiger partial charge in [0.1, 0.15) is 13.6 Å². The summed E-state index contributed by atoms with van der Waals surface area (Å²) < 4.78 is 25.9. The number of rotatable bonds is 16. The van der Waals surface area contributed by atoms with E-state index in [1.807, 2.05) is 13.8 Å². The quantitative estimate of drug-likeness (QED) is 0.131. The number of nitrogens with zero attached hydrogens (tertiary/aromatic N) is 1. The van der Waals surface area contributed by atoms with E-state index >= 15 is 0 Å². The van der Waals surface area contributed by atoms with E-state index in [2.05, 4.69) is 16.6 Å². The van der Waals surface area contributed by atoms with Crippen LogP contribution in [0.5, 0.6) is 0 Å². The minimum Gasteiger partial charge on any atom is -0.466 e. The van der Waals surface area contributed by atoms with Crippen LogP contribution in [0.2, 0.25) is 0 Å². The smallest absolute Gasteiger partial charge is 0.307 e. The van der Waals surface area contributed by atoms with E-state index in [0.29, 0.717) is 72.7 Å². The maximum Gasteiger partial charge on any atom is 0.307 e. The molecular weight excluding hydrogens is 318 g/mol. The van der Waals surface area contributed by atoms with Gasteiger partial charge in [-0.2, -0.15) is 0 Å². The molecule has 0 aliphatic heterocycles. The molecule has 4 N–H and O–H groups in total. The Bertz CT molecular complexity index is 245. The highest BCUT2D eigenvalue weighted by molar-refractivity contribution is 5.69. The Morgan fingerprint density at radius 2 is 1.29 bits per heavy atom. The van der Waals surface area contributed by atoms with Crippen LogP contribution in [0.3, 0.4) is 0 Å². The van der Waals surface area contributed by atoms with Crippen molar-refractivity contribution in [3.05, 3.63) is 0 Å². The minimum absolute atomic E-state index is 0.182. The summed E-state index contributed by atoms with van der Waals surface area (Å²) in [6.07, 6.45) is 0.366. The first-order valence-corrected chi connectivity index (χ1v) is 8.26. The summed E-state index contributed by atoms with van der Waals surface area (Å²) in [7, 11) is 0. The van der Waals surface area contributed by atoms with Gasteiger partial charge in [-0.3, -0.25) is 21.4 Å². The third kappa shape index (κ3) is 19.2. The van der Waals surface area contributed by atoms with Crippen LogP contribution < -0.4 is 11.7 Å². The molecule has 0 saturated heterocycles. The van der Waals surface area contributed by atoms with Crippen LogP contribution in [-0.4, -0.2) is 77.1 Å². The van der Waals surface area contributed by atoms with Crippen LogP contribution in [0.1, 0.15) is 27.2 Å².